The summed E-state index contributed by atoms with van der Waals surface area (Å²) in [6, 6.07) is 4.01. The molecule has 7 N–H and O–H groups in total. The van der Waals surface area contributed by atoms with Crippen LogP contribution in [0.2, 0.25) is 0 Å². The van der Waals surface area contributed by atoms with Crippen LogP contribution in [0.25, 0.3) is 0 Å². The van der Waals surface area contributed by atoms with E-state index in [0.29, 0.717) is 44.1 Å². The van der Waals surface area contributed by atoms with Crippen molar-refractivity contribution in [2.24, 2.45) is 5.92 Å². The van der Waals surface area contributed by atoms with Gasteiger partial charge in [-0.25, -0.2) is 9.59 Å². The zero-order chi connectivity index (χ0) is 32.4. The molecule has 0 aliphatic rings. The first-order valence-corrected chi connectivity index (χ1v) is 14.7. The van der Waals surface area contributed by atoms with Gasteiger partial charge in [-0.3, -0.25) is 14.4 Å². The van der Waals surface area contributed by atoms with Crippen molar-refractivity contribution in [2.45, 2.75) is 108 Å². The fraction of sp³-hybridized carbons (Fsp3) is 0.581. The Morgan fingerprint density at radius 2 is 1.53 bits per heavy atom. The predicted molar refractivity (Wildman–Crippen MR) is 156 cm³/mol. The summed E-state index contributed by atoms with van der Waals surface area (Å²) >= 11 is 0. The third-order valence-corrected chi connectivity index (χ3v) is 7.15. The van der Waals surface area contributed by atoms with Crippen LogP contribution in [0.4, 0.5) is 0 Å². The topological polar surface area (TPSA) is 219 Å². The largest absolute Gasteiger partial charge is 0.508 e. The van der Waals surface area contributed by atoms with Crippen molar-refractivity contribution in [3.8, 4) is 5.75 Å². The Balaban J connectivity index is 2.79. The van der Waals surface area contributed by atoms with Crippen molar-refractivity contribution in [3.63, 3.8) is 0 Å². The number of aliphatic hydroxyl groups excluding tert-OH is 1. The normalized spacial score (nSPS) is 14.9. The maximum Gasteiger partial charge on any atom is 0.337 e. The number of ketones is 1. The molecule has 0 aliphatic heterocycles. The molecule has 1 amide bonds. The van der Waals surface area contributed by atoms with E-state index in [9.17, 15) is 54.6 Å². The molecule has 0 saturated carbocycles. The maximum absolute atomic E-state index is 13.1. The van der Waals surface area contributed by atoms with Gasteiger partial charge in [-0.2, -0.15) is 0 Å². The average Bonchev–Trinajstić information content (AvgIpc) is 2.94. The van der Waals surface area contributed by atoms with Crippen molar-refractivity contribution in [2.75, 3.05) is 0 Å². The second kappa shape index (κ2) is 19.4. The number of aliphatic carboxylic acids is 3. The molecule has 0 radical (unpaired) electrons. The van der Waals surface area contributed by atoms with Gasteiger partial charge < -0.3 is 36.0 Å². The Bertz CT molecular complexity index is 1090. The molecule has 43 heavy (non-hydrogen) atoms. The number of hydrogen-bond acceptors (Lipinski definition) is 8. The van der Waals surface area contributed by atoms with Crippen molar-refractivity contribution in [1.29, 1.82) is 0 Å². The van der Waals surface area contributed by atoms with Crippen molar-refractivity contribution in [1.82, 2.24) is 5.32 Å². The SMILES string of the molecule is CCCCCCC(O)C(=O)CCCCCC/C=C/[C@@H](C(=O)N[C@@H](Cc1ccc(O)cc1)C(=O)O)[C@@](O)(CC(=O)O)C(=O)O. The van der Waals surface area contributed by atoms with Gasteiger partial charge >= 0.3 is 17.9 Å². The number of carbonyl (C=O) groups excluding carboxylic acids is 2. The molecule has 0 spiro atoms. The lowest BCUT2D eigenvalue weighted by Crippen LogP contribution is -2.55. The Kier molecular flexibility index (Phi) is 16.8. The third-order valence-electron chi connectivity index (χ3n) is 7.15. The van der Waals surface area contributed by atoms with E-state index in [1.807, 2.05) is 0 Å². The number of aliphatic hydroxyl groups is 2. The van der Waals surface area contributed by atoms with Crippen LogP contribution in [0, 0.1) is 5.92 Å². The van der Waals surface area contributed by atoms with Gasteiger partial charge in [0, 0.05) is 12.8 Å². The molecule has 0 aliphatic carbocycles. The summed E-state index contributed by atoms with van der Waals surface area (Å²) in [5, 5.41) is 60.9. The number of hydrogen-bond donors (Lipinski definition) is 7. The first-order chi connectivity index (χ1) is 20.3. The molecular weight excluding hydrogens is 562 g/mol. The smallest absolute Gasteiger partial charge is 0.337 e. The molecule has 4 atom stereocenters. The lowest BCUT2D eigenvalue weighted by molar-refractivity contribution is -0.172. The second-order valence-corrected chi connectivity index (χ2v) is 10.8. The highest BCUT2D eigenvalue weighted by Gasteiger charge is 2.49. The number of nitrogens with one attached hydrogen (secondary N) is 1. The monoisotopic (exact) mass is 607 g/mol. The van der Waals surface area contributed by atoms with Crippen LogP contribution < -0.4 is 5.32 Å². The first kappa shape index (κ1) is 37.3. The van der Waals surface area contributed by atoms with Crippen LogP contribution in [0.15, 0.2) is 36.4 Å². The minimum Gasteiger partial charge on any atom is -0.508 e. The number of carboxylic acid groups (broad SMARTS) is 3. The van der Waals surface area contributed by atoms with Crippen LogP contribution in [0.5, 0.6) is 5.75 Å². The molecule has 0 aromatic heterocycles. The van der Waals surface area contributed by atoms with Gasteiger partial charge in [-0.1, -0.05) is 69.7 Å². The minimum absolute atomic E-state index is 0.0505. The van der Waals surface area contributed by atoms with Crippen LogP contribution in [0.1, 0.15) is 89.5 Å². The molecule has 1 rings (SSSR count). The van der Waals surface area contributed by atoms with Gasteiger partial charge in [0.25, 0.3) is 0 Å². The zero-order valence-electron chi connectivity index (χ0n) is 24.6. The standard InChI is InChI=1S/C31H45NO11/c1-2-3-4-10-13-25(34)26(35)14-11-8-6-5-7-9-12-23(31(43,30(41)42)20-27(36)37)28(38)32-24(29(39)40)19-21-15-17-22(33)18-16-21/h9,12,15-18,23-25,33-34,43H,2-8,10-11,13-14,19-20H2,1H3,(H,32,38)(H,36,37)(H,39,40)(H,41,42)/b12-9+/t23-,24-,25?,31-/m0/s1. The molecule has 0 bridgehead atoms. The highest BCUT2D eigenvalue weighted by atomic mass is 16.4. The number of carbonyl (C=O) groups is 5. The summed E-state index contributed by atoms with van der Waals surface area (Å²) in [7, 11) is 0. The molecule has 12 heteroatoms. The second-order valence-electron chi connectivity index (χ2n) is 10.8. The van der Waals surface area contributed by atoms with E-state index < -0.39 is 53.9 Å². The van der Waals surface area contributed by atoms with Crippen molar-refractivity contribution >= 4 is 29.6 Å². The van der Waals surface area contributed by atoms with E-state index in [2.05, 4.69) is 12.2 Å². The van der Waals surface area contributed by atoms with Gasteiger partial charge in [0.1, 0.15) is 17.9 Å². The van der Waals surface area contributed by atoms with E-state index in [-0.39, 0.29) is 24.4 Å². The van der Waals surface area contributed by atoms with E-state index in [0.717, 1.165) is 31.8 Å². The number of amides is 1. The molecule has 1 aromatic rings. The van der Waals surface area contributed by atoms with Crippen LogP contribution in [0.3, 0.4) is 0 Å². The van der Waals surface area contributed by atoms with Gasteiger partial charge in [-0.15, -0.1) is 0 Å². The number of unbranched alkanes of at least 4 members (excludes halogenated alkanes) is 7. The fourth-order valence-corrected chi connectivity index (χ4v) is 4.58. The Hall–Kier alpha value is -3.77. The predicted octanol–water partition coefficient (Wildman–Crippen LogP) is 3.21. The summed E-state index contributed by atoms with van der Waals surface area (Å²) in [6.45, 7) is 2.08. The number of rotatable bonds is 23. The quantitative estimate of drug-likeness (QED) is 0.0707. The number of Topliss-reactive ketones (excluding diaryl/α,β-unsaturated/α-hetero) is 1. The first-order valence-electron chi connectivity index (χ1n) is 14.7. The highest BCUT2D eigenvalue weighted by Crippen LogP contribution is 2.26. The van der Waals surface area contributed by atoms with Crippen LogP contribution in [-0.2, 0) is 30.4 Å². The van der Waals surface area contributed by atoms with E-state index in [1.165, 1.54) is 30.3 Å². The van der Waals surface area contributed by atoms with Gasteiger partial charge in [0.05, 0.1) is 12.3 Å². The highest BCUT2D eigenvalue weighted by molar-refractivity contribution is 5.94. The number of carboxylic acids is 3. The summed E-state index contributed by atoms with van der Waals surface area (Å²) in [5.41, 5.74) is -2.61. The maximum atomic E-state index is 13.1. The molecule has 1 aromatic carbocycles. The number of aromatic hydroxyl groups is 1. The van der Waals surface area contributed by atoms with Gasteiger partial charge in [0.2, 0.25) is 5.91 Å². The number of benzene rings is 1. The number of phenolic OH excluding ortho intramolecular Hbond substituents is 1. The van der Waals surface area contributed by atoms with Gasteiger partial charge in [-0.05, 0) is 43.4 Å². The molecule has 0 heterocycles. The lowest BCUT2D eigenvalue weighted by Gasteiger charge is -2.29. The molecule has 12 nitrogen and oxygen atoms in total. The summed E-state index contributed by atoms with van der Waals surface area (Å²) in [4.78, 5) is 60.3. The van der Waals surface area contributed by atoms with E-state index in [1.54, 1.807) is 0 Å². The molecule has 240 valence electrons. The Labute approximate surface area is 251 Å². The van der Waals surface area contributed by atoms with E-state index >= 15 is 0 Å². The molecule has 1 unspecified atom stereocenters. The lowest BCUT2D eigenvalue weighted by atomic mass is 9.82. The molecular formula is C31H45NO11. The fourth-order valence-electron chi connectivity index (χ4n) is 4.58. The van der Waals surface area contributed by atoms with E-state index in [4.69, 9.17) is 0 Å². The average molecular weight is 608 g/mol. The summed E-state index contributed by atoms with van der Waals surface area (Å²) in [6.07, 6.45) is 7.61. The van der Waals surface area contributed by atoms with Crippen LogP contribution >= 0.6 is 0 Å². The summed E-state index contributed by atoms with van der Waals surface area (Å²) in [5.74, 6) is -8.39. The Morgan fingerprint density at radius 1 is 0.907 bits per heavy atom. The Morgan fingerprint density at radius 3 is 2.12 bits per heavy atom. The summed E-state index contributed by atoms with van der Waals surface area (Å²) < 4.78 is 0. The zero-order valence-corrected chi connectivity index (χ0v) is 24.6. The minimum atomic E-state index is -3.05. The molecule has 0 saturated heterocycles. The van der Waals surface area contributed by atoms with Crippen molar-refractivity contribution < 1.29 is 54.6 Å². The molecule has 0 fully saturated rings. The van der Waals surface area contributed by atoms with Crippen LogP contribution in [-0.4, -0.2) is 78.0 Å². The third kappa shape index (κ3) is 13.8. The van der Waals surface area contributed by atoms with Crippen molar-refractivity contribution in [3.05, 3.63) is 42.0 Å². The number of allylic oxidation sites excluding steroid dienone is 1. The number of phenols is 1. The van der Waals surface area contributed by atoms with Gasteiger partial charge in [0.15, 0.2) is 11.4 Å².